The molecule has 2 aromatic heterocycles. The third-order valence-electron chi connectivity index (χ3n) is 11.0. The standard InChI is InChI=1S/C52H34N2O/c1-3-12-35(13-4-1)36-22-26-41(27-23-36)53(48-21-11-15-37-14-7-8-18-43(37)48)42-28-31-52-47(34-42)46-32-38(25-30-51(46)55-52)39-24-29-45-44-19-9-10-20-49(44)54(50(45)33-39)40-16-5-2-6-17-40/h1-34H. The number of nitrogens with zero attached hydrogens (tertiary/aromatic N) is 2. The van der Waals surface area contributed by atoms with E-state index in [-0.39, 0.29) is 0 Å². The van der Waals surface area contributed by atoms with Gasteiger partial charge in [-0.1, -0.05) is 133 Å². The Bertz CT molecular complexity index is 3190. The van der Waals surface area contributed by atoms with Gasteiger partial charge in [-0.2, -0.15) is 0 Å². The lowest BCUT2D eigenvalue weighted by molar-refractivity contribution is 0.669. The third-order valence-corrected chi connectivity index (χ3v) is 11.0. The fraction of sp³-hybridized carbons (Fsp3) is 0. The first kappa shape index (κ1) is 31.2. The van der Waals surface area contributed by atoms with Crippen LogP contribution >= 0.6 is 0 Å². The predicted molar refractivity (Wildman–Crippen MR) is 231 cm³/mol. The van der Waals surface area contributed by atoms with Crippen LogP contribution in [-0.4, -0.2) is 4.57 Å². The molecule has 0 radical (unpaired) electrons. The van der Waals surface area contributed by atoms with E-state index in [1.54, 1.807) is 0 Å². The average Bonchev–Trinajstić information content (AvgIpc) is 3.79. The van der Waals surface area contributed by atoms with E-state index in [2.05, 4.69) is 216 Å². The molecular formula is C52H34N2O. The van der Waals surface area contributed by atoms with Crippen LogP contribution < -0.4 is 4.90 Å². The first-order valence-electron chi connectivity index (χ1n) is 18.8. The van der Waals surface area contributed by atoms with E-state index < -0.39 is 0 Å². The molecule has 0 aliphatic heterocycles. The molecule has 0 spiro atoms. The molecule has 0 atom stereocenters. The first-order chi connectivity index (χ1) is 27.3. The van der Waals surface area contributed by atoms with Gasteiger partial charge in [0.25, 0.3) is 0 Å². The molecule has 0 N–H and O–H groups in total. The van der Waals surface area contributed by atoms with E-state index in [9.17, 15) is 0 Å². The summed E-state index contributed by atoms with van der Waals surface area (Å²) in [7, 11) is 0. The molecule has 0 saturated carbocycles. The molecule has 11 aromatic rings. The van der Waals surface area contributed by atoms with Gasteiger partial charge < -0.3 is 13.9 Å². The Balaban J connectivity index is 1.07. The summed E-state index contributed by atoms with van der Waals surface area (Å²) in [5.74, 6) is 0. The normalized spacial score (nSPS) is 11.6. The van der Waals surface area contributed by atoms with E-state index in [1.807, 2.05) is 0 Å². The van der Waals surface area contributed by atoms with Crippen LogP contribution in [0, 0.1) is 0 Å². The Labute approximate surface area is 318 Å². The fourth-order valence-electron chi connectivity index (χ4n) is 8.35. The number of para-hydroxylation sites is 2. The molecule has 0 saturated heterocycles. The minimum absolute atomic E-state index is 0.868. The summed E-state index contributed by atoms with van der Waals surface area (Å²) < 4.78 is 8.86. The van der Waals surface area contributed by atoms with Gasteiger partial charge in [0.2, 0.25) is 0 Å². The van der Waals surface area contributed by atoms with Crippen molar-refractivity contribution < 1.29 is 4.42 Å². The molecule has 9 aromatic carbocycles. The second kappa shape index (κ2) is 12.6. The molecule has 0 bridgehead atoms. The highest BCUT2D eigenvalue weighted by molar-refractivity contribution is 6.11. The van der Waals surface area contributed by atoms with Gasteiger partial charge in [-0.15, -0.1) is 0 Å². The van der Waals surface area contributed by atoms with Crippen LogP contribution in [0.2, 0.25) is 0 Å². The number of anilines is 3. The van der Waals surface area contributed by atoms with Crippen molar-refractivity contribution in [3.8, 4) is 27.9 Å². The van der Waals surface area contributed by atoms with Crippen LogP contribution in [0.15, 0.2) is 211 Å². The summed E-state index contributed by atoms with van der Waals surface area (Å²) in [4.78, 5) is 2.37. The Kier molecular flexibility index (Phi) is 7.17. The van der Waals surface area contributed by atoms with Gasteiger partial charge in [-0.25, -0.2) is 0 Å². The van der Waals surface area contributed by atoms with Crippen LogP contribution in [0.25, 0.3) is 82.5 Å². The monoisotopic (exact) mass is 702 g/mol. The number of aromatic nitrogens is 1. The lowest BCUT2D eigenvalue weighted by atomic mass is 10.0. The highest BCUT2D eigenvalue weighted by Gasteiger charge is 2.19. The van der Waals surface area contributed by atoms with Crippen molar-refractivity contribution in [3.63, 3.8) is 0 Å². The minimum Gasteiger partial charge on any atom is -0.456 e. The molecule has 3 heteroatoms. The maximum Gasteiger partial charge on any atom is 0.135 e. The van der Waals surface area contributed by atoms with Crippen molar-refractivity contribution in [2.24, 2.45) is 0 Å². The average molecular weight is 703 g/mol. The second-order valence-electron chi connectivity index (χ2n) is 14.2. The van der Waals surface area contributed by atoms with Crippen LogP contribution in [0.4, 0.5) is 17.1 Å². The summed E-state index contributed by atoms with van der Waals surface area (Å²) >= 11 is 0. The summed E-state index contributed by atoms with van der Waals surface area (Å²) in [6.07, 6.45) is 0. The third kappa shape index (κ3) is 5.20. The molecule has 2 heterocycles. The summed E-state index contributed by atoms with van der Waals surface area (Å²) in [5, 5.41) is 7.07. The molecule has 0 amide bonds. The van der Waals surface area contributed by atoms with E-state index >= 15 is 0 Å². The molecule has 3 nitrogen and oxygen atoms in total. The Morgan fingerprint density at radius 1 is 0.345 bits per heavy atom. The number of furan rings is 1. The lowest BCUT2D eigenvalue weighted by Gasteiger charge is -2.27. The second-order valence-corrected chi connectivity index (χ2v) is 14.2. The number of hydrogen-bond acceptors (Lipinski definition) is 2. The fourth-order valence-corrected chi connectivity index (χ4v) is 8.35. The van der Waals surface area contributed by atoms with Crippen molar-refractivity contribution >= 4 is 71.6 Å². The van der Waals surface area contributed by atoms with E-state index in [1.165, 1.54) is 43.7 Å². The largest absolute Gasteiger partial charge is 0.456 e. The van der Waals surface area contributed by atoms with Crippen LogP contribution in [0.5, 0.6) is 0 Å². The zero-order valence-electron chi connectivity index (χ0n) is 29.9. The zero-order chi connectivity index (χ0) is 36.3. The summed E-state index contributed by atoms with van der Waals surface area (Å²) in [6, 6.07) is 73.9. The van der Waals surface area contributed by atoms with Crippen molar-refractivity contribution in [1.29, 1.82) is 0 Å². The van der Waals surface area contributed by atoms with Gasteiger partial charge >= 0.3 is 0 Å². The van der Waals surface area contributed by atoms with E-state index in [0.717, 1.165) is 55.8 Å². The number of hydrogen-bond donors (Lipinski definition) is 0. The molecule has 0 unspecified atom stereocenters. The summed E-state index contributed by atoms with van der Waals surface area (Å²) in [6.45, 7) is 0. The Hall–Kier alpha value is -7.36. The zero-order valence-corrected chi connectivity index (χ0v) is 29.9. The van der Waals surface area contributed by atoms with Crippen molar-refractivity contribution in [3.05, 3.63) is 206 Å². The predicted octanol–water partition coefficient (Wildman–Crippen LogP) is 14.6. The van der Waals surface area contributed by atoms with E-state index in [4.69, 9.17) is 4.42 Å². The van der Waals surface area contributed by atoms with E-state index in [0.29, 0.717) is 0 Å². The van der Waals surface area contributed by atoms with Gasteiger partial charge in [0, 0.05) is 44.0 Å². The van der Waals surface area contributed by atoms with Gasteiger partial charge in [0.15, 0.2) is 0 Å². The molecule has 0 fully saturated rings. The Morgan fingerprint density at radius 2 is 0.927 bits per heavy atom. The lowest BCUT2D eigenvalue weighted by Crippen LogP contribution is -2.10. The molecule has 0 aliphatic carbocycles. The van der Waals surface area contributed by atoms with Crippen LogP contribution in [0.1, 0.15) is 0 Å². The maximum absolute atomic E-state index is 6.49. The Morgan fingerprint density at radius 3 is 1.76 bits per heavy atom. The molecule has 0 aliphatic rings. The van der Waals surface area contributed by atoms with Gasteiger partial charge in [0.05, 0.1) is 16.7 Å². The summed E-state index contributed by atoms with van der Waals surface area (Å²) in [5.41, 5.74) is 13.3. The number of fused-ring (bicyclic) bond motifs is 7. The van der Waals surface area contributed by atoms with Crippen molar-refractivity contribution in [1.82, 2.24) is 4.57 Å². The SMILES string of the molecule is c1ccc(-c2ccc(N(c3ccc4oc5ccc(-c6ccc7c8ccccc8n(-c8ccccc8)c7c6)cc5c4c3)c3cccc4ccccc34)cc2)cc1. The smallest absolute Gasteiger partial charge is 0.135 e. The first-order valence-corrected chi connectivity index (χ1v) is 18.8. The topological polar surface area (TPSA) is 21.3 Å². The quantitative estimate of drug-likeness (QED) is 0.172. The minimum atomic E-state index is 0.868. The van der Waals surface area contributed by atoms with Gasteiger partial charge in [-0.05, 0) is 100 Å². The maximum atomic E-state index is 6.49. The number of rotatable bonds is 6. The molecule has 11 rings (SSSR count). The van der Waals surface area contributed by atoms with Crippen molar-refractivity contribution in [2.45, 2.75) is 0 Å². The molecular weight excluding hydrogens is 669 g/mol. The van der Waals surface area contributed by atoms with Crippen LogP contribution in [-0.2, 0) is 0 Å². The van der Waals surface area contributed by atoms with Crippen LogP contribution in [0.3, 0.4) is 0 Å². The highest BCUT2D eigenvalue weighted by Crippen LogP contribution is 2.43. The molecule has 55 heavy (non-hydrogen) atoms. The number of benzene rings is 9. The molecule has 258 valence electrons. The highest BCUT2D eigenvalue weighted by atomic mass is 16.3. The van der Waals surface area contributed by atoms with Gasteiger partial charge in [-0.3, -0.25) is 0 Å². The van der Waals surface area contributed by atoms with Gasteiger partial charge in [0.1, 0.15) is 11.2 Å². The van der Waals surface area contributed by atoms with Crippen molar-refractivity contribution in [2.75, 3.05) is 4.90 Å².